The standard InChI is InChI=1S/C13H16ClNO4/c1-17-12(16)7-10(15)8-5-9(14)13-11(6-8)18-3-2-4-19-13/h5-6,10H,2-4,7,15H2,1H3/t10-/m0/s1. The molecule has 0 fully saturated rings. The molecule has 0 spiro atoms. The Morgan fingerprint density at radius 2 is 2.21 bits per heavy atom. The molecule has 1 aromatic rings. The van der Waals surface area contributed by atoms with Crippen molar-refractivity contribution < 1.29 is 19.0 Å². The number of carbonyl (C=O) groups excluding carboxylic acids is 1. The normalized spacial score (nSPS) is 15.5. The SMILES string of the molecule is COC(=O)C[C@H](N)c1cc(Cl)c2c(c1)OCCCO2. The lowest BCUT2D eigenvalue weighted by molar-refractivity contribution is -0.141. The quantitative estimate of drug-likeness (QED) is 0.861. The maximum atomic E-state index is 11.2. The van der Waals surface area contributed by atoms with Crippen molar-refractivity contribution in [2.45, 2.75) is 18.9 Å². The second kappa shape index (κ2) is 6.12. The van der Waals surface area contributed by atoms with E-state index < -0.39 is 6.04 Å². The Bertz CT molecular complexity index is 478. The molecule has 1 atom stereocenters. The van der Waals surface area contributed by atoms with Crippen LogP contribution in [0.2, 0.25) is 5.02 Å². The summed E-state index contributed by atoms with van der Waals surface area (Å²) in [5, 5.41) is 0.440. The maximum absolute atomic E-state index is 11.2. The molecule has 2 N–H and O–H groups in total. The second-order valence-corrected chi connectivity index (χ2v) is 4.67. The fourth-order valence-electron chi connectivity index (χ4n) is 1.85. The predicted octanol–water partition coefficient (Wildman–Crippen LogP) is 2.06. The highest BCUT2D eigenvalue weighted by molar-refractivity contribution is 6.32. The topological polar surface area (TPSA) is 70.8 Å². The van der Waals surface area contributed by atoms with Crippen LogP contribution in [0.15, 0.2) is 12.1 Å². The minimum absolute atomic E-state index is 0.0898. The van der Waals surface area contributed by atoms with Gasteiger partial charge in [-0.25, -0.2) is 0 Å². The smallest absolute Gasteiger partial charge is 0.307 e. The average Bonchev–Trinajstić information content (AvgIpc) is 2.63. The van der Waals surface area contributed by atoms with Crippen LogP contribution in [0.25, 0.3) is 0 Å². The van der Waals surface area contributed by atoms with Gasteiger partial charge in [0.25, 0.3) is 0 Å². The van der Waals surface area contributed by atoms with E-state index in [1.54, 1.807) is 12.1 Å². The molecule has 6 heteroatoms. The fourth-order valence-corrected chi connectivity index (χ4v) is 2.12. The monoisotopic (exact) mass is 285 g/mol. The first-order valence-electron chi connectivity index (χ1n) is 6.03. The molecule has 0 amide bonds. The summed E-state index contributed by atoms with van der Waals surface area (Å²) in [6.07, 6.45) is 0.890. The van der Waals surface area contributed by atoms with Gasteiger partial charge in [-0.3, -0.25) is 4.79 Å². The third-order valence-corrected chi connectivity index (χ3v) is 3.15. The summed E-state index contributed by atoms with van der Waals surface area (Å²) in [5.74, 6) is 0.740. The maximum Gasteiger partial charge on any atom is 0.307 e. The van der Waals surface area contributed by atoms with Gasteiger partial charge in [-0.1, -0.05) is 11.6 Å². The van der Waals surface area contributed by atoms with Crippen molar-refractivity contribution in [2.75, 3.05) is 20.3 Å². The third-order valence-electron chi connectivity index (χ3n) is 2.87. The number of hydrogen-bond donors (Lipinski definition) is 1. The molecule has 0 bridgehead atoms. The van der Waals surface area contributed by atoms with Crippen LogP contribution in [0.3, 0.4) is 0 Å². The Balaban J connectivity index is 2.25. The molecule has 0 saturated heterocycles. The summed E-state index contributed by atoms with van der Waals surface area (Å²) in [5.41, 5.74) is 6.68. The van der Waals surface area contributed by atoms with Gasteiger partial charge in [0, 0.05) is 12.5 Å². The number of fused-ring (bicyclic) bond motifs is 1. The number of benzene rings is 1. The molecule has 2 rings (SSSR count). The van der Waals surface area contributed by atoms with Crippen LogP contribution >= 0.6 is 11.6 Å². The van der Waals surface area contributed by atoms with Crippen LogP contribution < -0.4 is 15.2 Å². The second-order valence-electron chi connectivity index (χ2n) is 4.27. The van der Waals surface area contributed by atoms with Gasteiger partial charge in [0.2, 0.25) is 0 Å². The summed E-state index contributed by atoms with van der Waals surface area (Å²) in [7, 11) is 1.33. The fraction of sp³-hybridized carbons (Fsp3) is 0.462. The molecule has 0 unspecified atom stereocenters. The van der Waals surface area contributed by atoms with E-state index in [0.29, 0.717) is 29.7 Å². The first-order valence-corrected chi connectivity index (χ1v) is 6.41. The Morgan fingerprint density at radius 3 is 2.95 bits per heavy atom. The number of carbonyl (C=O) groups is 1. The Labute approximate surface area is 116 Å². The highest BCUT2D eigenvalue weighted by atomic mass is 35.5. The molecule has 0 aliphatic carbocycles. The van der Waals surface area contributed by atoms with E-state index in [9.17, 15) is 4.79 Å². The van der Waals surface area contributed by atoms with Crippen molar-refractivity contribution >= 4 is 17.6 Å². The molecular formula is C13H16ClNO4. The van der Waals surface area contributed by atoms with Crippen molar-refractivity contribution in [3.8, 4) is 11.5 Å². The van der Waals surface area contributed by atoms with Crippen molar-refractivity contribution in [1.29, 1.82) is 0 Å². The van der Waals surface area contributed by atoms with E-state index in [-0.39, 0.29) is 12.4 Å². The van der Waals surface area contributed by atoms with Crippen LogP contribution in [0.1, 0.15) is 24.4 Å². The highest BCUT2D eigenvalue weighted by Crippen LogP contribution is 2.39. The molecular weight excluding hydrogens is 270 g/mol. The molecule has 0 aromatic heterocycles. The van der Waals surface area contributed by atoms with E-state index in [4.69, 9.17) is 26.8 Å². The van der Waals surface area contributed by atoms with Gasteiger partial charge in [0.1, 0.15) is 0 Å². The van der Waals surface area contributed by atoms with Gasteiger partial charge >= 0.3 is 5.97 Å². The summed E-state index contributed by atoms with van der Waals surface area (Å²) in [4.78, 5) is 11.2. The first-order chi connectivity index (χ1) is 9.11. The Morgan fingerprint density at radius 1 is 1.47 bits per heavy atom. The van der Waals surface area contributed by atoms with Gasteiger partial charge in [0.05, 0.1) is 31.8 Å². The lowest BCUT2D eigenvalue weighted by Gasteiger charge is -2.15. The van der Waals surface area contributed by atoms with Crippen molar-refractivity contribution in [3.05, 3.63) is 22.7 Å². The van der Waals surface area contributed by atoms with E-state index in [1.165, 1.54) is 7.11 Å². The zero-order valence-electron chi connectivity index (χ0n) is 10.6. The van der Waals surface area contributed by atoms with Crippen molar-refractivity contribution in [1.82, 2.24) is 0 Å². The van der Waals surface area contributed by atoms with E-state index in [2.05, 4.69) is 4.74 Å². The summed E-state index contributed by atoms with van der Waals surface area (Å²) in [6, 6.07) is 2.98. The van der Waals surface area contributed by atoms with E-state index >= 15 is 0 Å². The number of methoxy groups -OCH3 is 1. The van der Waals surface area contributed by atoms with Gasteiger partial charge in [-0.2, -0.15) is 0 Å². The van der Waals surface area contributed by atoms with Gasteiger partial charge < -0.3 is 19.9 Å². The molecule has 104 valence electrons. The number of rotatable bonds is 3. The zero-order chi connectivity index (χ0) is 13.8. The largest absolute Gasteiger partial charge is 0.489 e. The van der Waals surface area contributed by atoms with E-state index in [1.807, 2.05) is 0 Å². The minimum atomic E-state index is -0.484. The summed E-state index contributed by atoms with van der Waals surface area (Å²) >= 11 is 6.16. The van der Waals surface area contributed by atoms with Crippen LogP contribution in [0.5, 0.6) is 11.5 Å². The zero-order valence-corrected chi connectivity index (χ0v) is 11.4. The number of halogens is 1. The molecule has 1 aliphatic heterocycles. The molecule has 5 nitrogen and oxygen atoms in total. The van der Waals surface area contributed by atoms with Crippen molar-refractivity contribution in [2.24, 2.45) is 5.73 Å². The minimum Gasteiger partial charge on any atom is -0.489 e. The molecule has 0 radical (unpaired) electrons. The summed E-state index contributed by atoms with van der Waals surface area (Å²) in [6.45, 7) is 1.14. The first kappa shape index (κ1) is 14.0. The molecule has 1 heterocycles. The Hall–Kier alpha value is -1.46. The molecule has 1 aromatic carbocycles. The van der Waals surface area contributed by atoms with Gasteiger partial charge in [0.15, 0.2) is 11.5 Å². The number of esters is 1. The van der Waals surface area contributed by atoms with Gasteiger partial charge in [-0.05, 0) is 17.7 Å². The Kier molecular flexibility index (Phi) is 4.50. The number of hydrogen-bond acceptors (Lipinski definition) is 5. The molecule has 19 heavy (non-hydrogen) atoms. The number of ether oxygens (including phenoxy) is 3. The predicted molar refractivity (Wildman–Crippen MR) is 70.6 cm³/mol. The average molecular weight is 286 g/mol. The van der Waals surface area contributed by atoms with Crippen LogP contribution in [0, 0.1) is 0 Å². The molecule has 0 saturated carbocycles. The van der Waals surface area contributed by atoms with Gasteiger partial charge in [-0.15, -0.1) is 0 Å². The lowest BCUT2D eigenvalue weighted by atomic mass is 10.0. The van der Waals surface area contributed by atoms with Crippen LogP contribution in [0.4, 0.5) is 0 Å². The highest BCUT2D eigenvalue weighted by Gasteiger charge is 2.19. The summed E-state index contributed by atoms with van der Waals surface area (Å²) < 4.78 is 15.7. The lowest BCUT2D eigenvalue weighted by Crippen LogP contribution is -2.16. The third kappa shape index (κ3) is 3.30. The van der Waals surface area contributed by atoms with E-state index in [0.717, 1.165) is 12.0 Å². The van der Waals surface area contributed by atoms with Crippen LogP contribution in [-0.4, -0.2) is 26.3 Å². The van der Waals surface area contributed by atoms with Crippen molar-refractivity contribution in [3.63, 3.8) is 0 Å². The van der Waals surface area contributed by atoms with Crippen LogP contribution in [-0.2, 0) is 9.53 Å². The molecule has 1 aliphatic rings. The number of nitrogens with two attached hydrogens (primary N) is 1.